The summed E-state index contributed by atoms with van der Waals surface area (Å²) < 4.78 is 17.3. The molecule has 10 nitrogen and oxygen atoms in total. The van der Waals surface area contributed by atoms with Crippen LogP contribution in [0.15, 0.2) is 30.3 Å². The van der Waals surface area contributed by atoms with Crippen molar-refractivity contribution in [2.24, 2.45) is 29.1 Å². The lowest BCUT2D eigenvalue weighted by atomic mass is 9.66. The normalized spacial score (nSPS) is 37.6. The van der Waals surface area contributed by atoms with Crippen molar-refractivity contribution in [2.75, 3.05) is 32.7 Å². The van der Waals surface area contributed by atoms with Crippen molar-refractivity contribution < 1.29 is 38.5 Å². The van der Waals surface area contributed by atoms with E-state index in [1.54, 1.807) is 0 Å². The van der Waals surface area contributed by atoms with Gasteiger partial charge in [-0.1, -0.05) is 32.0 Å². The largest absolute Gasteiger partial charge is 0.462 e. The van der Waals surface area contributed by atoms with Gasteiger partial charge in [-0.2, -0.15) is 0 Å². The predicted molar refractivity (Wildman–Crippen MR) is 143 cm³/mol. The molecule has 0 radical (unpaired) electrons. The Morgan fingerprint density at radius 1 is 1.02 bits per heavy atom. The number of hydrogen-bond donors (Lipinski definition) is 1. The van der Waals surface area contributed by atoms with Gasteiger partial charge < -0.3 is 24.2 Å². The first-order chi connectivity index (χ1) is 19.0. The summed E-state index contributed by atoms with van der Waals surface area (Å²) in [6.07, 6.45) is -1.86. The molecule has 2 aliphatic heterocycles. The van der Waals surface area contributed by atoms with E-state index in [9.17, 15) is 24.3 Å². The van der Waals surface area contributed by atoms with Crippen LogP contribution in [0.4, 0.5) is 0 Å². The third-order valence-electron chi connectivity index (χ3n) is 9.70. The molecule has 5 rings (SSSR count). The molecule has 2 saturated carbocycles. The zero-order valence-electron chi connectivity index (χ0n) is 23.7. The van der Waals surface area contributed by atoms with Crippen molar-refractivity contribution in [2.45, 2.75) is 65.0 Å². The molecule has 2 saturated heterocycles. The second-order valence-corrected chi connectivity index (χ2v) is 12.1. The molecule has 1 aromatic rings. The number of hydrogen-bond acceptors (Lipinski definition) is 9. The summed E-state index contributed by atoms with van der Waals surface area (Å²) in [4.78, 5) is 54.1. The van der Waals surface area contributed by atoms with E-state index < -0.39 is 53.6 Å². The lowest BCUT2D eigenvalue weighted by Crippen LogP contribution is -2.54. The molecule has 1 aromatic carbocycles. The van der Waals surface area contributed by atoms with Gasteiger partial charge in [-0.25, -0.2) is 0 Å². The Kier molecular flexibility index (Phi) is 7.94. The van der Waals surface area contributed by atoms with Gasteiger partial charge in [0.25, 0.3) is 5.91 Å². The fourth-order valence-electron chi connectivity index (χ4n) is 7.96. The van der Waals surface area contributed by atoms with Crippen LogP contribution in [0.2, 0.25) is 0 Å². The van der Waals surface area contributed by atoms with Crippen molar-refractivity contribution in [1.29, 1.82) is 0 Å². The smallest absolute Gasteiger partial charge is 0.311 e. The first-order valence-electron chi connectivity index (χ1n) is 14.3. The average molecular weight is 557 g/mol. The Labute approximate surface area is 234 Å². The van der Waals surface area contributed by atoms with E-state index in [2.05, 4.69) is 4.90 Å². The van der Waals surface area contributed by atoms with Crippen molar-refractivity contribution >= 4 is 23.8 Å². The molecular weight excluding hydrogens is 516 g/mol. The number of amides is 1. The minimum Gasteiger partial charge on any atom is -0.462 e. The number of fused-ring (bicyclic) bond motifs is 2. The summed E-state index contributed by atoms with van der Waals surface area (Å²) in [6, 6.07) is 9.19. The molecule has 1 N–H and O–H groups in total. The number of nitrogens with zero attached hydrogens (tertiary/aromatic N) is 2. The molecule has 0 bridgehead atoms. The molecule has 4 aliphatic rings. The molecule has 0 aromatic heterocycles. The molecule has 2 heterocycles. The van der Waals surface area contributed by atoms with Crippen LogP contribution in [0.5, 0.6) is 0 Å². The van der Waals surface area contributed by atoms with Crippen LogP contribution in [-0.4, -0.2) is 95.9 Å². The zero-order chi connectivity index (χ0) is 28.8. The van der Waals surface area contributed by atoms with E-state index in [0.717, 1.165) is 0 Å². The standard InChI is InChI=1S/C30H40N2O8/c1-17-14-22-25(27(35)30(4)24(39-19(3)34)15-23(26(17)30)38-18(2)33)21(29(37)40-22)16-31-10-12-32(13-11-31)28(36)20-8-6-5-7-9-20/h5-9,17,21-27,35H,10-16H2,1-4H3/t17-,21+,22+,23-,24+,25-,26+,27+,30-/m1/s1. The summed E-state index contributed by atoms with van der Waals surface area (Å²) in [5.74, 6) is -2.61. The lowest BCUT2D eigenvalue weighted by Gasteiger charge is -2.43. The highest BCUT2D eigenvalue weighted by Gasteiger charge is 2.67. The molecule has 1 amide bonds. The summed E-state index contributed by atoms with van der Waals surface area (Å²) in [6.45, 7) is 9.32. The third kappa shape index (κ3) is 5.11. The van der Waals surface area contributed by atoms with Gasteiger partial charge in [0.2, 0.25) is 0 Å². The van der Waals surface area contributed by atoms with E-state index in [1.807, 2.05) is 49.1 Å². The molecule has 218 valence electrons. The van der Waals surface area contributed by atoms with Crippen LogP contribution >= 0.6 is 0 Å². The van der Waals surface area contributed by atoms with E-state index in [-0.39, 0.29) is 23.7 Å². The zero-order valence-corrected chi connectivity index (χ0v) is 23.7. The first kappa shape index (κ1) is 28.5. The van der Waals surface area contributed by atoms with Crippen molar-refractivity contribution in [1.82, 2.24) is 9.80 Å². The Morgan fingerprint density at radius 2 is 1.68 bits per heavy atom. The van der Waals surface area contributed by atoms with E-state index in [0.29, 0.717) is 51.1 Å². The van der Waals surface area contributed by atoms with Crippen molar-refractivity contribution in [3.8, 4) is 0 Å². The molecule has 0 spiro atoms. The fraction of sp³-hybridized carbons (Fsp3) is 0.667. The Balaban J connectivity index is 1.34. The number of ether oxygens (including phenoxy) is 3. The van der Waals surface area contributed by atoms with Crippen LogP contribution in [0.25, 0.3) is 0 Å². The highest BCUT2D eigenvalue weighted by atomic mass is 16.6. The first-order valence-corrected chi connectivity index (χ1v) is 14.3. The van der Waals surface area contributed by atoms with E-state index in [1.165, 1.54) is 13.8 Å². The van der Waals surface area contributed by atoms with Gasteiger partial charge in [0, 0.05) is 75.8 Å². The Bertz CT molecular complexity index is 1140. The summed E-state index contributed by atoms with van der Waals surface area (Å²) in [7, 11) is 0. The van der Waals surface area contributed by atoms with Crippen molar-refractivity contribution in [3.05, 3.63) is 35.9 Å². The van der Waals surface area contributed by atoms with Crippen LogP contribution in [0, 0.1) is 29.1 Å². The number of aliphatic hydroxyl groups is 1. The van der Waals surface area contributed by atoms with Gasteiger partial charge in [0.1, 0.15) is 18.3 Å². The quantitative estimate of drug-likeness (QED) is 0.428. The number of rotatable bonds is 5. The van der Waals surface area contributed by atoms with Crippen LogP contribution in [-0.2, 0) is 28.6 Å². The fourth-order valence-corrected chi connectivity index (χ4v) is 7.96. The monoisotopic (exact) mass is 556 g/mol. The molecule has 40 heavy (non-hydrogen) atoms. The summed E-state index contributed by atoms with van der Waals surface area (Å²) >= 11 is 0. The number of piperazine rings is 1. The number of aliphatic hydroxyl groups excluding tert-OH is 1. The molecule has 2 aliphatic carbocycles. The molecular formula is C30H40N2O8. The number of carbonyl (C=O) groups excluding carboxylic acids is 4. The SMILES string of the molecule is CC(=O)O[C@H]1C[C@@H](OC(C)=O)[C@@H]2[C@H](C)C[C@@H]3OC(=O)[C@@H](CN4CCN(C(=O)c5ccccc5)CC4)[C@H]3[C@H](O)[C@@]21C. The van der Waals surface area contributed by atoms with Gasteiger partial charge in [-0.15, -0.1) is 0 Å². The number of benzene rings is 1. The maximum Gasteiger partial charge on any atom is 0.311 e. The molecule has 4 fully saturated rings. The molecule has 0 unspecified atom stereocenters. The predicted octanol–water partition coefficient (Wildman–Crippen LogP) is 1.89. The summed E-state index contributed by atoms with van der Waals surface area (Å²) in [5, 5.41) is 12.1. The average Bonchev–Trinajstić information content (AvgIpc) is 3.33. The van der Waals surface area contributed by atoms with Gasteiger partial charge in [0.15, 0.2) is 0 Å². The highest BCUT2D eigenvalue weighted by molar-refractivity contribution is 5.94. The second kappa shape index (κ2) is 11.1. The van der Waals surface area contributed by atoms with Gasteiger partial charge in [-0.05, 0) is 24.5 Å². The molecule has 10 heteroatoms. The van der Waals surface area contributed by atoms with Crippen LogP contribution in [0.3, 0.4) is 0 Å². The van der Waals surface area contributed by atoms with Gasteiger partial charge in [-0.3, -0.25) is 24.1 Å². The number of esters is 3. The third-order valence-corrected chi connectivity index (χ3v) is 9.70. The topological polar surface area (TPSA) is 123 Å². The Morgan fingerprint density at radius 3 is 2.30 bits per heavy atom. The maximum absolute atomic E-state index is 13.2. The lowest BCUT2D eigenvalue weighted by molar-refractivity contribution is -0.165. The van der Waals surface area contributed by atoms with E-state index in [4.69, 9.17) is 14.2 Å². The highest BCUT2D eigenvalue weighted by Crippen LogP contribution is 2.59. The van der Waals surface area contributed by atoms with E-state index >= 15 is 0 Å². The summed E-state index contributed by atoms with van der Waals surface area (Å²) in [5.41, 5.74) is -0.278. The Hall–Kier alpha value is -2.98. The number of carbonyl (C=O) groups is 4. The van der Waals surface area contributed by atoms with Crippen molar-refractivity contribution in [3.63, 3.8) is 0 Å². The maximum atomic E-state index is 13.2. The molecule has 9 atom stereocenters. The van der Waals surface area contributed by atoms with Gasteiger partial charge >= 0.3 is 17.9 Å². The van der Waals surface area contributed by atoms with Gasteiger partial charge in [0.05, 0.1) is 12.0 Å². The second-order valence-electron chi connectivity index (χ2n) is 12.1. The minimum absolute atomic E-state index is 0.00665. The van der Waals surface area contributed by atoms with Crippen LogP contribution in [0.1, 0.15) is 50.9 Å². The minimum atomic E-state index is -1.02. The van der Waals surface area contributed by atoms with Crippen LogP contribution < -0.4 is 0 Å².